The van der Waals surface area contributed by atoms with Crippen LogP contribution in [0.2, 0.25) is 0 Å². The topological polar surface area (TPSA) is 87.5 Å². The third kappa shape index (κ3) is 3.73. The lowest BCUT2D eigenvalue weighted by molar-refractivity contribution is -0.137. The number of rotatable bonds is 6. The van der Waals surface area contributed by atoms with Gasteiger partial charge in [-0.2, -0.15) is 5.10 Å². The van der Waals surface area contributed by atoms with Crippen molar-refractivity contribution in [3.05, 3.63) is 48.2 Å². The first-order chi connectivity index (χ1) is 13.0. The average Bonchev–Trinajstić information content (AvgIpc) is 3.19. The van der Waals surface area contributed by atoms with Gasteiger partial charge in [0.1, 0.15) is 6.54 Å². The van der Waals surface area contributed by atoms with Gasteiger partial charge < -0.3 is 10.4 Å². The lowest BCUT2D eigenvalue weighted by atomic mass is 9.62. The van der Waals surface area contributed by atoms with E-state index >= 15 is 0 Å². The second-order valence-electron chi connectivity index (χ2n) is 7.71. The average molecular weight is 368 g/mol. The van der Waals surface area contributed by atoms with Crippen LogP contribution in [0.4, 0.5) is 5.82 Å². The quantitative estimate of drug-likeness (QED) is 0.816. The number of aliphatic carboxylic acids is 1. The Morgan fingerprint density at radius 2 is 2.00 bits per heavy atom. The molecule has 2 N–H and O–H groups in total. The molecule has 1 aliphatic carbocycles. The Balaban J connectivity index is 1.42. The molecule has 1 aromatic heterocycles. The van der Waals surface area contributed by atoms with E-state index in [1.807, 2.05) is 18.2 Å². The fourth-order valence-corrected chi connectivity index (χ4v) is 4.40. The van der Waals surface area contributed by atoms with Gasteiger partial charge in [-0.3, -0.25) is 19.2 Å². The molecule has 2 aromatic rings. The summed E-state index contributed by atoms with van der Waals surface area (Å²) in [5.74, 6) is -0.612. The molecule has 1 amide bonds. The van der Waals surface area contributed by atoms with E-state index in [0.717, 1.165) is 32.5 Å². The van der Waals surface area contributed by atoms with Gasteiger partial charge in [0.15, 0.2) is 5.82 Å². The minimum absolute atomic E-state index is 0.00848. The van der Waals surface area contributed by atoms with Gasteiger partial charge in [-0.1, -0.05) is 36.8 Å². The second-order valence-corrected chi connectivity index (χ2v) is 7.71. The van der Waals surface area contributed by atoms with Crippen LogP contribution in [-0.2, 0) is 22.7 Å². The number of hydrogen-bond acceptors (Lipinski definition) is 4. The molecular formula is C20H24N4O3. The van der Waals surface area contributed by atoms with E-state index < -0.39 is 5.97 Å². The van der Waals surface area contributed by atoms with Crippen molar-refractivity contribution in [2.24, 2.45) is 11.3 Å². The van der Waals surface area contributed by atoms with Crippen molar-refractivity contribution >= 4 is 17.7 Å². The summed E-state index contributed by atoms with van der Waals surface area (Å²) in [6.45, 7) is 2.34. The molecule has 1 atom stereocenters. The number of carboxylic acid groups (broad SMARTS) is 1. The zero-order valence-electron chi connectivity index (χ0n) is 15.2. The number of carbonyl (C=O) groups is 2. The number of amides is 1. The highest BCUT2D eigenvalue weighted by atomic mass is 16.4. The Kier molecular flexibility index (Phi) is 4.70. The minimum Gasteiger partial charge on any atom is -0.480 e. The molecule has 1 aliphatic heterocycles. The molecule has 0 radical (unpaired) electrons. The first kappa shape index (κ1) is 17.7. The zero-order valence-corrected chi connectivity index (χ0v) is 15.2. The maximum absolute atomic E-state index is 12.9. The van der Waals surface area contributed by atoms with Crippen LogP contribution in [0, 0.1) is 11.3 Å². The highest BCUT2D eigenvalue weighted by Gasteiger charge is 2.53. The number of aromatic nitrogens is 2. The lowest BCUT2D eigenvalue weighted by Crippen LogP contribution is -2.43. The van der Waals surface area contributed by atoms with Crippen LogP contribution < -0.4 is 5.32 Å². The molecule has 1 saturated carbocycles. The Morgan fingerprint density at radius 3 is 2.67 bits per heavy atom. The van der Waals surface area contributed by atoms with Gasteiger partial charge in [-0.25, -0.2) is 0 Å². The molecule has 1 spiro atoms. The van der Waals surface area contributed by atoms with Gasteiger partial charge in [0.2, 0.25) is 5.91 Å². The van der Waals surface area contributed by atoms with E-state index in [2.05, 4.69) is 27.4 Å². The SMILES string of the molecule is O=C(O)Cn1ccc(NC(=O)C2CN(Cc3ccccc3)CC23CCC3)n1. The summed E-state index contributed by atoms with van der Waals surface area (Å²) in [5.41, 5.74) is 1.34. The van der Waals surface area contributed by atoms with Crippen molar-refractivity contribution in [3.8, 4) is 0 Å². The van der Waals surface area contributed by atoms with E-state index in [0.29, 0.717) is 5.82 Å². The van der Waals surface area contributed by atoms with Crippen LogP contribution in [0.5, 0.6) is 0 Å². The maximum atomic E-state index is 12.9. The van der Waals surface area contributed by atoms with Gasteiger partial charge >= 0.3 is 5.97 Å². The molecule has 1 saturated heterocycles. The molecular weight excluding hydrogens is 344 g/mol. The van der Waals surface area contributed by atoms with Crippen molar-refractivity contribution < 1.29 is 14.7 Å². The predicted octanol–water partition coefficient (Wildman–Crippen LogP) is 2.21. The molecule has 2 aliphatic rings. The molecule has 1 unspecified atom stereocenters. The molecule has 0 bridgehead atoms. The highest BCUT2D eigenvalue weighted by molar-refractivity contribution is 5.92. The third-order valence-electron chi connectivity index (χ3n) is 5.82. The third-order valence-corrected chi connectivity index (χ3v) is 5.82. The largest absolute Gasteiger partial charge is 0.480 e. The van der Waals surface area contributed by atoms with Crippen LogP contribution >= 0.6 is 0 Å². The number of anilines is 1. The Morgan fingerprint density at radius 1 is 1.22 bits per heavy atom. The molecule has 1 aromatic carbocycles. The summed E-state index contributed by atoms with van der Waals surface area (Å²) in [6, 6.07) is 12.0. The van der Waals surface area contributed by atoms with E-state index in [4.69, 9.17) is 5.11 Å². The van der Waals surface area contributed by atoms with Crippen molar-refractivity contribution in [2.45, 2.75) is 32.4 Å². The summed E-state index contributed by atoms with van der Waals surface area (Å²) in [6.07, 6.45) is 4.92. The summed E-state index contributed by atoms with van der Waals surface area (Å²) in [5, 5.41) is 15.9. The van der Waals surface area contributed by atoms with Crippen molar-refractivity contribution in [1.82, 2.24) is 14.7 Å². The molecule has 2 fully saturated rings. The van der Waals surface area contributed by atoms with E-state index in [1.54, 1.807) is 12.3 Å². The fourth-order valence-electron chi connectivity index (χ4n) is 4.40. The smallest absolute Gasteiger partial charge is 0.325 e. The molecule has 7 nitrogen and oxygen atoms in total. The molecule has 7 heteroatoms. The number of likely N-dealkylation sites (tertiary alicyclic amines) is 1. The van der Waals surface area contributed by atoms with E-state index in [-0.39, 0.29) is 23.8 Å². The molecule has 2 heterocycles. The number of carbonyl (C=O) groups excluding carboxylic acids is 1. The first-order valence-electron chi connectivity index (χ1n) is 9.36. The standard InChI is InChI=1S/C20H24N4O3/c25-18(26)13-24-10-7-17(22-24)21-19(27)16-12-23(14-20(16)8-4-9-20)11-15-5-2-1-3-6-15/h1-3,5-7,10,16H,4,8-9,11-14H2,(H,25,26)(H,21,22,27). The normalized spacial score (nSPS) is 21.1. The van der Waals surface area contributed by atoms with E-state index in [1.165, 1.54) is 16.7 Å². The van der Waals surface area contributed by atoms with Gasteiger partial charge in [0.25, 0.3) is 0 Å². The summed E-state index contributed by atoms with van der Waals surface area (Å²) in [4.78, 5) is 26.1. The van der Waals surface area contributed by atoms with Gasteiger partial charge in [-0.05, 0) is 23.8 Å². The number of carboxylic acids is 1. The fraction of sp³-hybridized carbons (Fsp3) is 0.450. The number of benzene rings is 1. The number of nitrogens with zero attached hydrogens (tertiary/aromatic N) is 3. The minimum atomic E-state index is -0.961. The predicted molar refractivity (Wildman–Crippen MR) is 100.0 cm³/mol. The maximum Gasteiger partial charge on any atom is 0.325 e. The van der Waals surface area contributed by atoms with Gasteiger partial charge in [-0.15, -0.1) is 0 Å². The van der Waals surface area contributed by atoms with Crippen LogP contribution in [-0.4, -0.2) is 44.8 Å². The van der Waals surface area contributed by atoms with E-state index in [9.17, 15) is 9.59 Å². The number of nitrogens with one attached hydrogen (secondary N) is 1. The van der Waals surface area contributed by atoms with Crippen molar-refractivity contribution in [1.29, 1.82) is 0 Å². The monoisotopic (exact) mass is 368 g/mol. The van der Waals surface area contributed by atoms with Gasteiger partial charge in [0.05, 0.1) is 5.92 Å². The van der Waals surface area contributed by atoms with Crippen LogP contribution in [0.15, 0.2) is 42.6 Å². The number of hydrogen-bond donors (Lipinski definition) is 2. The second kappa shape index (κ2) is 7.15. The Hall–Kier alpha value is -2.67. The van der Waals surface area contributed by atoms with Gasteiger partial charge in [0, 0.05) is 31.9 Å². The zero-order chi connectivity index (χ0) is 18.9. The molecule has 142 valence electrons. The van der Waals surface area contributed by atoms with Crippen molar-refractivity contribution in [3.63, 3.8) is 0 Å². The summed E-state index contributed by atoms with van der Waals surface area (Å²) < 4.78 is 1.31. The highest BCUT2D eigenvalue weighted by Crippen LogP contribution is 2.52. The molecule has 4 rings (SSSR count). The van der Waals surface area contributed by atoms with Crippen LogP contribution in [0.3, 0.4) is 0 Å². The Bertz CT molecular complexity index is 829. The summed E-state index contributed by atoms with van der Waals surface area (Å²) >= 11 is 0. The van der Waals surface area contributed by atoms with Crippen molar-refractivity contribution in [2.75, 3.05) is 18.4 Å². The first-order valence-corrected chi connectivity index (χ1v) is 9.36. The van der Waals surface area contributed by atoms with Crippen LogP contribution in [0.25, 0.3) is 0 Å². The van der Waals surface area contributed by atoms with Crippen LogP contribution in [0.1, 0.15) is 24.8 Å². The lowest BCUT2D eigenvalue weighted by Gasteiger charge is -2.42. The molecule has 27 heavy (non-hydrogen) atoms. The summed E-state index contributed by atoms with van der Waals surface area (Å²) in [7, 11) is 0. The Labute approximate surface area is 158 Å².